The van der Waals surface area contributed by atoms with Gasteiger partial charge in [0.2, 0.25) is 5.91 Å². The fourth-order valence-electron chi connectivity index (χ4n) is 4.32. The number of amides is 1. The molecule has 0 saturated carbocycles. The fraction of sp³-hybridized carbons (Fsp3) is 0.391. The van der Waals surface area contributed by atoms with E-state index in [1.54, 1.807) is 7.05 Å². The number of rotatable bonds is 3. The van der Waals surface area contributed by atoms with Crippen LogP contribution in [0.2, 0.25) is 0 Å². The molecule has 0 radical (unpaired) electrons. The number of nitrogens with one attached hydrogen (secondary N) is 1. The first-order valence-electron chi connectivity index (χ1n) is 10.1. The van der Waals surface area contributed by atoms with Gasteiger partial charge in [0.1, 0.15) is 0 Å². The number of nitrogens with zero attached hydrogens (tertiary/aromatic N) is 3. The van der Waals surface area contributed by atoms with Gasteiger partial charge in [0.25, 0.3) is 0 Å². The zero-order valence-electron chi connectivity index (χ0n) is 16.9. The van der Waals surface area contributed by atoms with E-state index in [0.717, 1.165) is 50.5 Å². The van der Waals surface area contributed by atoms with Crippen molar-refractivity contribution in [1.29, 1.82) is 0 Å². The Labute approximate surface area is 190 Å². The van der Waals surface area contributed by atoms with Gasteiger partial charge in [-0.25, -0.2) is 0 Å². The van der Waals surface area contributed by atoms with Crippen molar-refractivity contribution in [3.8, 4) is 0 Å². The first-order chi connectivity index (χ1) is 13.8. The average molecular weight is 504 g/mol. The third-order valence-corrected chi connectivity index (χ3v) is 5.78. The van der Waals surface area contributed by atoms with Crippen LogP contribution in [0.4, 0.5) is 5.69 Å². The van der Waals surface area contributed by atoms with E-state index in [1.807, 2.05) is 23.1 Å². The normalized spacial score (nSPS) is 18.8. The highest BCUT2D eigenvalue weighted by Gasteiger charge is 2.27. The van der Waals surface area contributed by atoms with Gasteiger partial charge in [-0.05, 0) is 36.5 Å². The Hall–Kier alpha value is -2.09. The Morgan fingerprint density at radius 3 is 2.66 bits per heavy atom. The highest BCUT2D eigenvalue weighted by atomic mass is 127. The minimum absolute atomic E-state index is 0. The van der Waals surface area contributed by atoms with Gasteiger partial charge < -0.3 is 15.1 Å². The number of guanidine groups is 1. The lowest BCUT2D eigenvalue weighted by Crippen LogP contribution is -2.47. The van der Waals surface area contributed by atoms with Crippen molar-refractivity contribution in [2.45, 2.75) is 25.2 Å². The van der Waals surface area contributed by atoms with Crippen molar-refractivity contribution < 1.29 is 4.79 Å². The van der Waals surface area contributed by atoms with Crippen molar-refractivity contribution in [2.75, 3.05) is 38.1 Å². The zero-order chi connectivity index (χ0) is 19.3. The lowest BCUT2D eigenvalue weighted by Gasteiger charge is -2.30. The molecule has 5 nitrogen and oxygen atoms in total. The summed E-state index contributed by atoms with van der Waals surface area (Å²) in [6, 6.07) is 18.9. The number of fused-ring (bicyclic) bond motifs is 1. The first-order valence-corrected chi connectivity index (χ1v) is 10.1. The van der Waals surface area contributed by atoms with Crippen LogP contribution in [0, 0.1) is 0 Å². The molecule has 2 aliphatic heterocycles. The first kappa shape index (κ1) is 21.6. The largest absolute Gasteiger partial charge is 0.347 e. The molecule has 1 unspecified atom stereocenters. The van der Waals surface area contributed by atoms with Crippen LogP contribution in [0.15, 0.2) is 59.6 Å². The smallest absolute Gasteiger partial charge is 0.246 e. The third kappa shape index (κ3) is 4.91. The monoisotopic (exact) mass is 504 g/mol. The SMILES string of the molecule is CN=C(NCC(=O)N1CCCc2ccccc21)N1CCC(c2ccccc2)C1.I. The molecule has 154 valence electrons. The summed E-state index contributed by atoms with van der Waals surface area (Å²) in [5.74, 6) is 1.44. The number of carbonyl (C=O) groups is 1. The van der Waals surface area contributed by atoms with Crippen LogP contribution >= 0.6 is 24.0 Å². The molecular formula is C23H29IN4O. The van der Waals surface area contributed by atoms with Crippen molar-refractivity contribution in [1.82, 2.24) is 10.2 Å². The molecular weight excluding hydrogens is 475 g/mol. The fourth-order valence-corrected chi connectivity index (χ4v) is 4.32. The molecule has 0 aliphatic carbocycles. The van der Waals surface area contributed by atoms with Gasteiger partial charge in [-0.2, -0.15) is 0 Å². The predicted octanol–water partition coefficient (Wildman–Crippen LogP) is 3.65. The number of hydrogen-bond donors (Lipinski definition) is 1. The summed E-state index contributed by atoms with van der Waals surface area (Å²) < 4.78 is 0. The Bertz CT molecular complexity index is 855. The van der Waals surface area contributed by atoms with Gasteiger partial charge in [-0.3, -0.25) is 9.79 Å². The Morgan fingerprint density at radius 1 is 1.10 bits per heavy atom. The van der Waals surface area contributed by atoms with Crippen molar-refractivity contribution in [3.63, 3.8) is 0 Å². The number of para-hydroxylation sites is 1. The van der Waals surface area contributed by atoms with Crippen LogP contribution in [0.25, 0.3) is 0 Å². The summed E-state index contributed by atoms with van der Waals surface area (Å²) in [6.07, 6.45) is 3.17. The van der Waals surface area contributed by atoms with Gasteiger partial charge in [0.05, 0.1) is 6.54 Å². The predicted molar refractivity (Wildman–Crippen MR) is 129 cm³/mol. The standard InChI is InChI=1S/C23H28N4O.HI/c1-24-23(26-15-13-20(17-26)18-8-3-2-4-9-18)25-16-22(28)27-14-7-11-19-10-5-6-12-21(19)27;/h2-6,8-10,12,20H,7,11,13-17H2,1H3,(H,24,25);1H. The molecule has 2 aromatic carbocycles. The third-order valence-electron chi connectivity index (χ3n) is 5.78. The molecule has 2 aliphatic rings. The molecule has 0 bridgehead atoms. The number of aryl methyl sites for hydroxylation is 1. The lowest BCUT2D eigenvalue weighted by molar-refractivity contribution is -0.117. The molecule has 1 N–H and O–H groups in total. The summed E-state index contributed by atoms with van der Waals surface area (Å²) in [6.45, 7) is 2.95. The van der Waals surface area contributed by atoms with E-state index in [2.05, 4.69) is 51.6 Å². The lowest BCUT2D eigenvalue weighted by atomic mass is 9.99. The Morgan fingerprint density at radius 2 is 1.86 bits per heavy atom. The van der Waals surface area contributed by atoms with Crippen molar-refractivity contribution in [3.05, 3.63) is 65.7 Å². The second kappa shape index (κ2) is 10.1. The highest BCUT2D eigenvalue weighted by molar-refractivity contribution is 14.0. The van der Waals surface area contributed by atoms with E-state index in [1.165, 1.54) is 11.1 Å². The number of halogens is 1. The van der Waals surface area contributed by atoms with E-state index in [4.69, 9.17) is 0 Å². The van der Waals surface area contributed by atoms with Crippen LogP contribution in [-0.4, -0.2) is 50.0 Å². The molecule has 2 heterocycles. The average Bonchev–Trinajstić information content (AvgIpc) is 3.24. The number of aliphatic imine (C=N–C) groups is 1. The van der Waals surface area contributed by atoms with E-state index < -0.39 is 0 Å². The van der Waals surface area contributed by atoms with Crippen LogP contribution in [0.1, 0.15) is 29.9 Å². The number of benzene rings is 2. The molecule has 6 heteroatoms. The maximum absolute atomic E-state index is 12.9. The number of likely N-dealkylation sites (tertiary alicyclic amines) is 1. The molecule has 1 amide bonds. The number of hydrogen-bond acceptors (Lipinski definition) is 2. The molecule has 29 heavy (non-hydrogen) atoms. The van der Waals surface area contributed by atoms with Crippen LogP contribution in [0.3, 0.4) is 0 Å². The Balaban J connectivity index is 0.00000240. The molecule has 1 saturated heterocycles. The second-order valence-electron chi connectivity index (χ2n) is 7.52. The maximum Gasteiger partial charge on any atom is 0.246 e. The van der Waals surface area contributed by atoms with E-state index in [9.17, 15) is 4.79 Å². The molecule has 1 fully saturated rings. The van der Waals surface area contributed by atoms with Gasteiger partial charge in [-0.15, -0.1) is 24.0 Å². The van der Waals surface area contributed by atoms with Crippen LogP contribution in [-0.2, 0) is 11.2 Å². The van der Waals surface area contributed by atoms with Crippen molar-refractivity contribution in [2.24, 2.45) is 4.99 Å². The van der Waals surface area contributed by atoms with E-state index >= 15 is 0 Å². The molecule has 2 aromatic rings. The summed E-state index contributed by atoms with van der Waals surface area (Å²) >= 11 is 0. The highest BCUT2D eigenvalue weighted by Crippen LogP contribution is 2.28. The molecule has 0 aromatic heterocycles. The minimum atomic E-state index is 0. The zero-order valence-corrected chi connectivity index (χ0v) is 19.2. The van der Waals surface area contributed by atoms with E-state index in [-0.39, 0.29) is 36.4 Å². The molecule has 1 atom stereocenters. The van der Waals surface area contributed by atoms with E-state index in [0.29, 0.717) is 5.92 Å². The van der Waals surface area contributed by atoms with Gasteiger partial charge in [-0.1, -0.05) is 48.5 Å². The van der Waals surface area contributed by atoms with Crippen LogP contribution in [0.5, 0.6) is 0 Å². The number of carbonyl (C=O) groups excluding carboxylic acids is 1. The summed E-state index contributed by atoms with van der Waals surface area (Å²) in [5.41, 5.74) is 3.69. The second-order valence-corrected chi connectivity index (χ2v) is 7.52. The molecule has 0 spiro atoms. The van der Waals surface area contributed by atoms with Crippen LogP contribution < -0.4 is 10.2 Å². The quantitative estimate of drug-likeness (QED) is 0.395. The maximum atomic E-state index is 12.9. The minimum Gasteiger partial charge on any atom is -0.347 e. The van der Waals surface area contributed by atoms with Gasteiger partial charge in [0.15, 0.2) is 5.96 Å². The number of anilines is 1. The molecule has 4 rings (SSSR count). The Kier molecular flexibility index (Phi) is 7.52. The van der Waals surface area contributed by atoms with Gasteiger partial charge in [0, 0.05) is 38.3 Å². The topological polar surface area (TPSA) is 47.9 Å². The summed E-state index contributed by atoms with van der Waals surface area (Å²) in [4.78, 5) is 21.5. The summed E-state index contributed by atoms with van der Waals surface area (Å²) in [7, 11) is 1.79. The summed E-state index contributed by atoms with van der Waals surface area (Å²) in [5, 5.41) is 3.30. The van der Waals surface area contributed by atoms with Gasteiger partial charge >= 0.3 is 0 Å². The van der Waals surface area contributed by atoms with Crippen molar-refractivity contribution >= 4 is 41.5 Å².